The molecule has 0 radical (unpaired) electrons. The van der Waals surface area contributed by atoms with Crippen LogP contribution in [0.1, 0.15) is 23.5 Å². The van der Waals surface area contributed by atoms with Crippen LogP contribution in [0.5, 0.6) is 5.75 Å². The molecule has 3 heterocycles. The van der Waals surface area contributed by atoms with Gasteiger partial charge >= 0.3 is 0 Å². The van der Waals surface area contributed by atoms with E-state index in [2.05, 4.69) is 67.7 Å². The van der Waals surface area contributed by atoms with Gasteiger partial charge in [-0.25, -0.2) is 0 Å². The molecule has 0 aliphatic carbocycles. The fourth-order valence-corrected chi connectivity index (χ4v) is 5.74. The average molecular weight is 564 g/mol. The first-order chi connectivity index (χ1) is 20.1. The van der Waals surface area contributed by atoms with Crippen molar-refractivity contribution in [2.24, 2.45) is 0 Å². The molecular formula is C32H29N5O3S. The minimum atomic E-state index is -0.279. The number of aromatic nitrogens is 2. The predicted octanol–water partition coefficient (Wildman–Crippen LogP) is 5.80. The van der Waals surface area contributed by atoms with Crippen molar-refractivity contribution >= 4 is 45.4 Å². The highest BCUT2D eigenvalue weighted by molar-refractivity contribution is 7.80. The lowest BCUT2D eigenvalue weighted by Crippen LogP contribution is -2.30. The van der Waals surface area contributed by atoms with E-state index >= 15 is 0 Å². The smallest absolute Gasteiger partial charge is 0.250 e. The predicted molar refractivity (Wildman–Crippen MR) is 165 cm³/mol. The van der Waals surface area contributed by atoms with Crippen molar-refractivity contribution in [3.05, 3.63) is 115 Å². The van der Waals surface area contributed by atoms with E-state index < -0.39 is 0 Å². The van der Waals surface area contributed by atoms with Crippen LogP contribution in [0.25, 0.3) is 16.5 Å². The van der Waals surface area contributed by atoms with Gasteiger partial charge in [-0.2, -0.15) is 0 Å². The Morgan fingerprint density at radius 2 is 1.76 bits per heavy atom. The van der Waals surface area contributed by atoms with Crippen molar-refractivity contribution in [3.8, 4) is 11.4 Å². The number of hydrogen-bond acceptors (Lipinski definition) is 5. The second-order valence-corrected chi connectivity index (χ2v) is 10.1. The van der Waals surface area contributed by atoms with Gasteiger partial charge < -0.3 is 29.6 Å². The van der Waals surface area contributed by atoms with Crippen LogP contribution in [0.4, 0.5) is 11.4 Å². The highest BCUT2D eigenvalue weighted by Gasteiger charge is 2.42. The van der Waals surface area contributed by atoms with Gasteiger partial charge in [0.05, 0.1) is 24.5 Å². The number of hydrogen-bond donors (Lipinski definition) is 2. The summed E-state index contributed by atoms with van der Waals surface area (Å²) in [6, 6.07) is 30.0. The van der Waals surface area contributed by atoms with E-state index in [1.165, 1.54) is 12.5 Å². The van der Waals surface area contributed by atoms with Crippen molar-refractivity contribution in [1.82, 2.24) is 14.9 Å². The Labute approximate surface area is 243 Å². The molecule has 2 N–H and O–H groups in total. The molecular weight excluding hydrogens is 534 g/mol. The number of rotatable bonds is 8. The third-order valence-electron chi connectivity index (χ3n) is 7.20. The number of amides is 1. The summed E-state index contributed by atoms with van der Waals surface area (Å²) in [5.74, 6) is 0.256. The van der Waals surface area contributed by atoms with E-state index in [1.54, 1.807) is 13.3 Å². The monoisotopic (exact) mass is 563 g/mol. The normalized spacial score (nSPS) is 16.5. The number of carbonyl (C=O) groups is 1. The maximum Gasteiger partial charge on any atom is 0.250 e. The molecule has 41 heavy (non-hydrogen) atoms. The van der Waals surface area contributed by atoms with Crippen molar-refractivity contribution in [1.29, 1.82) is 0 Å². The summed E-state index contributed by atoms with van der Waals surface area (Å²) in [5.41, 5.74) is 4.27. The lowest BCUT2D eigenvalue weighted by molar-refractivity contribution is -0.119. The van der Waals surface area contributed by atoms with E-state index in [1.807, 2.05) is 54.6 Å². The number of benzene rings is 3. The Morgan fingerprint density at radius 1 is 0.951 bits per heavy atom. The highest BCUT2D eigenvalue weighted by atomic mass is 32.1. The minimum Gasteiger partial charge on any atom is -0.495 e. The Bertz CT molecular complexity index is 1720. The van der Waals surface area contributed by atoms with Crippen LogP contribution in [0.2, 0.25) is 0 Å². The maximum absolute atomic E-state index is 12.4. The molecule has 2 atom stereocenters. The third kappa shape index (κ3) is 5.13. The minimum absolute atomic E-state index is 0.0687. The lowest BCUT2D eigenvalue weighted by Gasteiger charge is -2.29. The highest BCUT2D eigenvalue weighted by Crippen LogP contribution is 2.44. The standard InChI is InChI=1S/C32H29N5O3S/c1-39-20-29(38)34-26-19-24(14-15-28(26)40-2)37-31(30(35-32(37)41)25-10-5-6-16-33-25)27-11-7-17-36(27)23-13-12-21-8-3-4-9-22(21)18-23/h3-19,30-31H,20H2,1-2H3,(H,34,38)(H,35,41). The average Bonchev–Trinajstić information content (AvgIpc) is 3.62. The molecule has 2 aromatic heterocycles. The summed E-state index contributed by atoms with van der Waals surface area (Å²) in [7, 11) is 3.05. The van der Waals surface area contributed by atoms with Crippen LogP contribution >= 0.6 is 12.2 Å². The van der Waals surface area contributed by atoms with Gasteiger partial charge in [0.1, 0.15) is 18.4 Å². The van der Waals surface area contributed by atoms with E-state index in [4.69, 9.17) is 21.7 Å². The SMILES string of the molecule is COCC(=O)Nc1cc(N2C(=S)NC(c3ccccn3)C2c2cccn2-c2ccc3ccccc3c2)ccc1OC. The van der Waals surface area contributed by atoms with Gasteiger partial charge in [0.2, 0.25) is 5.91 Å². The molecule has 0 bridgehead atoms. The molecule has 8 nitrogen and oxygen atoms in total. The number of pyridine rings is 1. The molecule has 9 heteroatoms. The Balaban J connectivity index is 1.47. The van der Waals surface area contributed by atoms with Gasteiger partial charge in [-0.1, -0.05) is 36.4 Å². The number of nitrogens with one attached hydrogen (secondary N) is 2. The van der Waals surface area contributed by atoms with Gasteiger partial charge in [0.25, 0.3) is 0 Å². The van der Waals surface area contributed by atoms with Gasteiger partial charge in [-0.05, 0) is 77.6 Å². The van der Waals surface area contributed by atoms with E-state index in [-0.39, 0.29) is 24.6 Å². The van der Waals surface area contributed by atoms with Gasteiger partial charge in [-0.15, -0.1) is 0 Å². The largest absolute Gasteiger partial charge is 0.495 e. The summed E-state index contributed by atoms with van der Waals surface area (Å²) >= 11 is 5.95. The molecule has 0 saturated carbocycles. The molecule has 2 unspecified atom stereocenters. The molecule has 1 amide bonds. The summed E-state index contributed by atoms with van der Waals surface area (Å²) in [6.07, 6.45) is 3.86. The summed E-state index contributed by atoms with van der Waals surface area (Å²) in [6.45, 7) is -0.0687. The number of methoxy groups -OCH3 is 2. The van der Waals surface area contributed by atoms with Crippen LogP contribution in [-0.2, 0) is 9.53 Å². The first-order valence-electron chi connectivity index (χ1n) is 13.2. The number of nitrogens with zero attached hydrogens (tertiary/aromatic N) is 3. The van der Waals surface area contributed by atoms with E-state index in [0.717, 1.165) is 28.1 Å². The molecule has 1 fully saturated rings. The number of anilines is 2. The van der Waals surface area contributed by atoms with E-state index in [0.29, 0.717) is 16.5 Å². The molecule has 1 aliphatic heterocycles. The second kappa shape index (κ2) is 11.4. The van der Waals surface area contributed by atoms with E-state index in [9.17, 15) is 4.79 Å². The zero-order chi connectivity index (χ0) is 28.3. The van der Waals surface area contributed by atoms with Gasteiger partial charge in [0, 0.05) is 36.6 Å². The van der Waals surface area contributed by atoms with Crippen LogP contribution in [0, 0.1) is 0 Å². The van der Waals surface area contributed by atoms with Crippen molar-refractivity contribution in [2.45, 2.75) is 12.1 Å². The first kappa shape index (κ1) is 26.5. The van der Waals surface area contributed by atoms with Crippen LogP contribution in [0.15, 0.2) is 103 Å². The lowest BCUT2D eigenvalue weighted by atomic mass is 10.0. The Morgan fingerprint density at radius 3 is 2.54 bits per heavy atom. The molecule has 5 aromatic rings. The van der Waals surface area contributed by atoms with Crippen LogP contribution in [-0.4, -0.2) is 41.4 Å². The molecule has 1 saturated heterocycles. The molecule has 6 rings (SSSR count). The number of thiocarbonyl (C=S) groups is 1. The third-order valence-corrected chi connectivity index (χ3v) is 7.52. The summed E-state index contributed by atoms with van der Waals surface area (Å²) in [5, 5.41) is 9.31. The fourth-order valence-electron chi connectivity index (χ4n) is 5.39. The van der Waals surface area contributed by atoms with Crippen LogP contribution in [0.3, 0.4) is 0 Å². The zero-order valence-corrected chi connectivity index (χ0v) is 23.5. The fraction of sp³-hybridized carbons (Fsp3) is 0.156. The number of fused-ring (bicyclic) bond motifs is 1. The van der Waals surface area contributed by atoms with Crippen molar-refractivity contribution in [2.75, 3.05) is 31.0 Å². The van der Waals surface area contributed by atoms with Gasteiger partial charge in [0.15, 0.2) is 5.11 Å². The molecule has 3 aromatic carbocycles. The van der Waals surface area contributed by atoms with Crippen LogP contribution < -0.4 is 20.3 Å². The molecule has 1 aliphatic rings. The van der Waals surface area contributed by atoms with Crippen molar-refractivity contribution < 1.29 is 14.3 Å². The second-order valence-electron chi connectivity index (χ2n) is 9.70. The zero-order valence-electron chi connectivity index (χ0n) is 22.7. The number of carbonyl (C=O) groups excluding carboxylic acids is 1. The topological polar surface area (TPSA) is 80.7 Å². The van der Waals surface area contributed by atoms with Gasteiger partial charge in [-0.3, -0.25) is 9.78 Å². The molecule has 0 spiro atoms. The molecule has 206 valence electrons. The summed E-state index contributed by atoms with van der Waals surface area (Å²) in [4.78, 5) is 19.2. The number of ether oxygens (including phenoxy) is 2. The maximum atomic E-state index is 12.4. The van der Waals surface area contributed by atoms with Crippen molar-refractivity contribution in [3.63, 3.8) is 0 Å². The summed E-state index contributed by atoms with van der Waals surface area (Å²) < 4.78 is 12.7. The first-order valence-corrected chi connectivity index (χ1v) is 13.6. The Kier molecular flexibility index (Phi) is 7.37. The quantitative estimate of drug-likeness (QED) is 0.231. The Hall–Kier alpha value is -4.73.